The number of amides is 1. The third-order valence-corrected chi connectivity index (χ3v) is 3.05. The third-order valence-electron chi connectivity index (χ3n) is 3.05. The van der Waals surface area contributed by atoms with E-state index >= 15 is 0 Å². The van der Waals surface area contributed by atoms with Crippen molar-refractivity contribution in [1.29, 1.82) is 0 Å². The molecule has 0 aliphatic carbocycles. The number of carbonyl (C=O) groups excluding carboxylic acids is 1. The van der Waals surface area contributed by atoms with E-state index < -0.39 is 0 Å². The number of nitrogens with two attached hydrogens (primary N) is 1. The molecule has 1 amide bonds. The summed E-state index contributed by atoms with van der Waals surface area (Å²) in [5.41, 5.74) is 5.44. The first-order chi connectivity index (χ1) is 8.81. The maximum Gasteiger partial charge on any atom is 0.220 e. The second-order valence-electron chi connectivity index (χ2n) is 4.81. The van der Waals surface area contributed by atoms with Crippen LogP contribution in [0.25, 0.3) is 0 Å². The molecule has 106 valence electrons. The van der Waals surface area contributed by atoms with E-state index in [0.29, 0.717) is 13.0 Å². The Labute approximate surface area is 112 Å². The minimum atomic E-state index is 0.150. The molecule has 0 heterocycles. The molecule has 0 fully saturated rings. The lowest BCUT2D eigenvalue weighted by Gasteiger charge is -2.03. The fourth-order valence-corrected chi connectivity index (χ4v) is 1.94. The molecule has 0 saturated heterocycles. The lowest BCUT2D eigenvalue weighted by Crippen LogP contribution is -2.22. The van der Waals surface area contributed by atoms with Crippen LogP contribution in [0.5, 0.6) is 0 Å². The molecule has 0 radical (unpaired) electrons. The first-order valence-corrected chi connectivity index (χ1v) is 7.39. The van der Waals surface area contributed by atoms with Gasteiger partial charge in [0.15, 0.2) is 0 Å². The van der Waals surface area contributed by atoms with Crippen LogP contribution in [0.4, 0.5) is 0 Å². The van der Waals surface area contributed by atoms with Crippen LogP contribution in [0.2, 0.25) is 0 Å². The Morgan fingerprint density at radius 2 is 1.44 bits per heavy atom. The molecular formula is C15H30N2O. The van der Waals surface area contributed by atoms with Crippen LogP contribution in [0.3, 0.4) is 0 Å². The molecule has 3 heteroatoms. The summed E-state index contributed by atoms with van der Waals surface area (Å²) in [6, 6.07) is 0. The molecule has 0 saturated carbocycles. The summed E-state index contributed by atoms with van der Waals surface area (Å²) < 4.78 is 0. The maximum atomic E-state index is 11.3. The molecule has 0 bridgehead atoms. The van der Waals surface area contributed by atoms with Gasteiger partial charge in [-0.1, -0.05) is 51.0 Å². The quantitative estimate of drug-likeness (QED) is 0.392. The molecule has 0 aromatic rings. The first-order valence-electron chi connectivity index (χ1n) is 7.39. The Bertz CT molecular complexity index is 205. The number of hydrogen-bond donors (Lipinski definition) is 2. The van der Waals surface area contributed by atoms with Crippen LogP contribution in [0, 0.1) is 0 Å². The van der Waals surface area contributed by atoms with Crippen LogP contribution in [-0.2, 0) is 4.79 Å². The summed E-state index contributed by atoms with van der Waals surface area (Å²) in [5.74, 6) is 0.150. The smallest absolute Gasteiger partial charge is 0.220 e. The minimum Gasteiger partial charge on any atom is -0.353 e. The fraction of sp³-hybridized carbons (Fsp3) is 0.800. The number of unbranched alkanes of at least 4 members (excludes halogenated alkanes) is 8. The van der Waals surface area contributed by atoms with Crippen molar-refractivity contribution in [3.63, 3.8) is 0 Å². The molecule has 0 aromatic heterocycles. The van der Waals surface area contributed by atoms with E-state index in [1.807, 2.05) is 0 Å². The second kappa shape index (κ2) is 14.2. The monoisotopic (exact) mass is 254 g/mol. The standard InChI is InChI=1S/C15H30N2O/c1-2-14-17-15(18)12-10-8-6-4-3-5-7-9-11-13-16/h2H,1,3-14,16H2,(H,17,18). The number of nitrogens with one attached hydrogen (secondary N) is 1. The van der Waals surface area contributed by atoms with Crippen molar-refractivity contribution in [2.75, 3.05) is 13.1 Å². The predicted octanol–water partition coefficient (Wildman–Crippen LogP) is 3.15. The van der Waals surface area contributed by atoms with Crippen LogP contribution < -0.4 is 11.1 Å². The topological polar surface area (TPSA) is 55.1 Å². The van der Waals surface area contributed by atoms with Gasteiger partial charge in [0.05, 0.1) is 0 Å². The molecule has 0 spiro atoms. The van der Waals surface area contributed by atoms with Crippen LogP contribution >= 0.6 is 0 Å². The Balaban J connectivity index is 3.06. The maximum absolute atomic E-state index is 11.3. The van der Waals surface area contributed by atoms with Crippen molar-refractivity contribution in [3.05, 3.63) is 12.7 Å². The van der Waals surface area contributed by atoms with E-state index in [9.17, 15) is 4.79 Å². The normalized spacial score (nSPS) is 10.3. The molecule has 0 rings (SSSR count). The number of carbonyl (C=O) groups is 1. The second-order valence-corrected chi connectivity index (χ2v) is 4.81. The van der Waals surface area contributed by atoms with E-state index in [-0.39, 0.29) is 5.91 Å². The third kappa shape index (κ3) is 13.2. The van der Waals surface area contributed by atoms with Crippen molar-refractivity contribution in [1.82, 2.24) is 5.32 Å². The van der Waals surface area contributed by atoms with E-state index in [1.54, 1.807) is 6.08 Å². The summed E-state index contributed by atoms with van der Waals surface area (Å²) >= 11 is 0. The van der Waals surface area contributed by atoms with Gasteiger partial charge in [0.2, 0.25) is 5.91 Å². The Hall–Kier alpha value is -0.830. The van der Waals surface area contributed by atoms with Gasteiger partial charge in [0.25, 0.3) is 0 Å². The Kier molecular flexibility index (Phi) is 13.6. The summed E-state index contributed by atoms with van der Waals surface area (Å²) in [4.78, 5) is 11.3. The largest absolute Gasteiger partial charge is 0.353 e. The molecule has 0 aliphatic rings. The first kappa shape index (κ1) is 17.2. The van der Waals surface area contributed by atoms with Gasteiger partial charge in [0.1, 0.15) is 0 Å². The summed E-state index contributed by atoms with van der Waals surface area (Å²) in [6.45, 7) is 4.98. The predicted molar refractivity (Wildman–Crippen MR) is 78.4 cm³/mol. The highest BCUT2D eigenvalue weighted by atomic mass is 16.1. The summed E-state index contributed by atoms with van der Waals surface area (Å²) in [5, 5.41) is 2.80. The molecule has 0 aliphatic heterocycles. The zero-order chi connectivity index (χ0) is 13.5. The lowest BCUT2D eigenvalue weighted by atomic mass is 10.1. The average molecular weight is 254 g/mol. The lowest BCUT2D eigenvalue weighted by molar-refractivity contribution is -0.121. The van der Waals surface area contributed by atoms with Crippen LogP contribution in [-0.4, -0.2) is 19.0 Å². The van der Waals surface area contributed by atoms with E-state index in [2.05, 4.69) is 11.9 Å². The zero-order valence-corrected chi connectivity index (χ0v) is 11.8. The van der Waals surface area contributed by atoms with Gasteiger partial charge in [-0.15, -0.1) is 6.58 Å². The minimum absolute atomic E-state index is 0.150. The molecule has 0 aromatic carbocycles. The van der Waals surface area contributed by atoms with Gasteiger partial charge in [-0.3, -0.25) is 4.79 Å². The molecule has 0 atom stereocenters. The highest BCUT2D eigenvalue weighted by molar-refractivity contribution is 5.75. The van der Waals surface area contributed by atoms with Gasteiger partial charge >= 0.3 is 0 Å². The van der Waals surface area contributed by atoms with Crippen molar-refractivity contribution in [2.45, 2.75) is 64.2 Å². The molecule has 0 unspecified atom stereocenters. The Morgan fingerprint density at radius 3 is 1.94 bits per heavy atom. The highest BCUT2D eigenvalue weighted by Crippen LogP contribution is 2.10. The molecular weight excluding hydrogens is 224 g/mol. The summed E-state index contributed by atoms with van der Waals surface area (Å²) in [6.07, 6.45) is 13.5. The van der Waals surface area contributed by atoms with Gasteiger partial charge in [-0.25, -0.2) is 0 Å². The van der Waals surface area contributed by atoms with Crippen molar-refractivity contribution >= 4 is 5.91 Å². The van der Waals surface area contributed by atoms with Gasteiger partial charge in [-0.05, 0) is 19.4 Å². The molecule has 18 heavy (non-hydrogen) atoms. The van der Waals surface area contributed by atoms with Crippen LogP contribution in [0.1, 0.15) is 64.2 Å². The molecule has 3 N–H and O–H groups in total. The van der Waals surface area contributed by atoms with E-state index in [1.165, 1.54) is 51.4 Å². The highest BCUT2D eigenvalue weighted by Gasteiger charge is 1.98. The van der Waals surface area contributed by atoms with Crippen LogP contribution in [0.15, 0.2) is 12.7 Å². The van der Waals surface area contributed by atoms with Crippen molar-refractivity contribution in [2.24, 2.45) is 5.73 Å². The van der Waals surface area contributed by atoms with Gasteiger partial charge in [0, 0.05) is 13.0 Å². The average Bonchev–Trinajstić information content (AvgIpc) is 2.38. The van der Waals surface area contributed by atoms with Crippen molar-refractivity contribution < 1.29 is 4.79 Å². The number of hydrogen-bond acceptors (Lipinski definition) is 2. The van der Waals surface area contributed by atoms with Crippen molar-refractivity contribution in [3.8, 4) is 0 Å². The van der Waals surface area contributed by atoms with Gasteiger partial charge in [-0.2, -0.15) is 0 Å². The molecule has 3 nitrogen and oxygen atoms in total. The fourth-order valence-electron chi connectivity index (χ4n) is 1.94. The summed E-state index contributed by atoms with van der Waals surface area (Å²) in [7, 11) is 0. The zero-order valence-electron chi connectivity index (χ0n) is 11.8. The SMILES string of the molecule is C=CCNC(=O)CCCCCCCCCCCN. The van der Waals surface area contributed by atoms with E-state index in [4.69, 9.17) is 5.73 Å². The van der Waals surface area contributed by atoms with Gasteiger partial charge < -0.3 is 11.1 Å². The number of rotatable bonds is 13. The Morgan fingerprint density at radius 1 is 0.944 bits per heavy atom. The van der Waals surface area contributed by atoms with E-state index in [0.717, 1.165) is 13.0 Å².